The van der Waals surface area contributed by atoms with E-state index in [-0.39, 0.29) is 12.5 Å². The third-order valence-electron chi connectivity index (χ3n) is 4.30. The number of amides is 1. The number of hydrogen-bond donors (Lipinski definition) is 2. The Labute approximate surface area is 136 Å². The molecule has 3 rings (SSSR count). The first-order valence-electron chi connectivity index (χ1n) is 7.97. The molecule has 0 bridgehead atoms. The van der Waals surface area contributed by atoms with Crippen LogP contribution in [0.5, 0.6) is 0 Å². The van der Waals surface area contributed by atoms with E-state index in [0.717, 1.165) is 0 Å². The fourth-order valence-corrected chi connectivity index (χ4v) is 2.99. The van der Waals surface area contributed by atoms with Gasteiger partial charge in [-0.05, 0) is 28.7 Å². The molecule has 4 heteroatoms. The molecular formula is C19H21NO3. The maximum atomic E-state index is 11.8. The lowest BCUT2D eigenvalue weighted by atomic mass is 9.98. The zero-order valence-corrected chi connectivity index (χ0v) is 13.2. The Morgan fingerprint density at radius 1 is 1.13 bits per heavy atom. The van der Waals surface area contributed by atoms with Crippen LogP contribution in [0.25, 0.3) is 11.1 Å². The first-order valence-corrected chi connectivity index (χ1v) is 7.97. The number of hydrogen-bond acceptors (Lipinski definition) is 3. The molecule has 120 valence electrons. The third kappa shape index (κ3) is 3.22. The summed E-state index contributed by atoms with van der Waals surface area (Å²) in [7, 11) is 0. The van der Waals surface area contributed by atoms with Crippen molar-refractivity contribution in [1.82, 2.24) is 5.32 Å². The summed E-state index contributed by atoms with van der Waals surface area (Å²) in [5, 5.41) is 12.1. The zero-order valence-electron chi connectivity index (χ0n) is 13.2. The van der Waals surface area contributed by atoms with Crippen molar-refractivity contribution >= 4 is 6.09 Å². The number of benzene rings is 2. The number of fused-ring (bicyclic) bond motifs is 3. The fourth-order valence-electron chi connectivity index (χ4n) is 2.99. The first kappa shape index (κ1) is 15.6. The molecule has 1 amide bonds. The minimum Gasteiger partial charge on any atom is -0.449 e. The summed E-state index contributed by atoms with van der Waals surface area (Å²) in [4.78, 5) is 11.8. The van der Waals surface area contributed by atoms with E-state index in [1.54, 1.807) is 0 Å². The van der Waals surface area contributed by atoms with Gasteiger partial charge in [0.2, 0.25) is 0 Å². The lowest BCUT2D eigenvalue weighted by Gasteiger charge is -2.15. The molecule has 0 aliphatic heterocycles. The number of carbonyl (C=O) groups excluding carboxylic acids is 1. The summed E-state index contributed by atoms with van der Waals surface area (Å²) in [6.07, 6.45) is -0.418. The summed E-state index contributed by atoms with van der Waals surface area (Å²) in [6, 6.07) is 16.4. The predicted molar refractivity (Wildman–Crippen MR) is 89.4 cm³/mol. The number of aliphatic hydroxyl groups excluding tert-OH is 1. The van der Waals surface area contributed by atoms with Gasteiger partial charge in [-0.25, -0.2) is 4.79 Å². The van der Waals surface area contributed by atoms with Crippen LogP contribution in [0, 0.1) is 0 Å². The average molecular weight is 311 g/mol. The van der Waals surface area contributed by atoms with Gasteiger partial charge in [-0.1, -0.05) is 55.5 Å². The topological polar surface area (TPSA) is 58.6 Å². The van der Waals surface area contributed by atoms with E-state index in [1.807, 2.05) is 31.2 Å². The largest absolute Gasteiger partial charge is 0.449 e. The van der Waals surface area contributed by atoms with Crippen molar-refractivity contribution in [2.45, 2.75) is 25.4 Å². The lowest BCUT2D eigenvalue weighted by Crippen LogP contribution is -2.32. The quantitative estimate of drug-likeness (QED) is 0.891. The molecule has 2 aromatic carbocycles. The van der Waals surface area contributed by atoms with Gasteiger partial charge >= 0.3 is 6.09 Å². The molecule has 0 heterocycles. The van der Waals surface area contributed by atoms with E-state index in [9.17, 15) is 9.90 Å². The van der Waals surface area contributed by atoms with Crippen molar-refractivity contribution in [3.8, 4) is 11.1 Å². The van der Waals surface area contributed by atoms with Gasteiger partial charge in [0.15, 0.2) is 0 Å². The summed E-state index contributed by atoms with van der Waals surface area (Å²) in [5.74, 6) is 0.0595. The van der Waals surface area contributed by atoms with Crippen LogP contribution in [-0.4, -0.2) is 30.5 Å². The van der Waals surface area contributed by atoms with Crippen molar-refractivity contribution in [2.75, 3.05) is 13.2 Å². The highest BCUT2D eigenvalue weighted by atomic mass is 16.5. The second-order valence-electron chi connectivity index (χ2n) is 5.77. The second kappa shape index (κ2) is 6.84. The molecule has 1 aliphatic carbocycles. The number of alkyl carbamates (subject to hydrolysis) is 1. The van der Waals surface area contributed by atoms with Crippen LogP contribution in [-0.2, 0) is 4.74 Å². The molecule has 1 atom stereocenters. The van der Waals surface area contributed by atoms with Crippen LogP contribution in [0.2, 0.25) is 0 Å². The van der Waals surface area contributed by atoms with E-state index in [1.165, 1.54) is 22.3 Å². The molecule has 1 aliphatic rings. The number of aliphatic hydroxyl groups is 1. The Kier molecular flexibility index (Phi) is 4.63. The van der Waals surface area contributed by atoms with Crippen LogP contribution in [0.1, 0.15) is 30.4 Å². The summed E-state index contributed by atoms with van der Waals surface area (Å²) in [5.41, 5.74) is 4.79. The van der Waals surface area contributed by atoms with E-state index < -0.39 is 12.2 Å². The van der Waals surface area contributed by atoms with E-state index in [0.29, 0.717) is 13.0 Å². The summed E-state index contributed by atoms with van der Waals surface area (Å²) < 4.78 is 5.37. The molecular weight excluding hydrogens is 290 g/mol. The number of carbonyl (C=O) groups is 1. The number of nitrogens with one attached hydrogen (secondary N) is 1. The Morgan fingerprint density at radius 3 is 2.26 bits per heavy atom. The molecule has 0 saturated carbocycles. The molecule has 1 unspecified atom stereocenters. The van der Waals surface area contributed by atoms with Crippen LogP contribution in [0.15, 0.2) is 48.5 Å². The summed E-state index contributed by atoms with van der Waals surface area (Å²) in [6.45, 7) is 2.37. The maximum absolute atomic E-state index is 11.8. The highest BCUT2D eigenvalue weighted by molar-refractivity contribution is 5.79. The Morgan fingerprint density at radius 2 is 1.70 bits per heavy atom. The van der Waals surface area contributed by atoms with Crippen molar-refractivity contribution in [2.24, 2.45) is 0 Å². The molecule has 0 radical (unpaired) electrons. The zero-order chi connectivity index (χ0) is 16.2. The summed E-state index contributed by atoms with van der Waals surface area (Å²) >= 11 is 0. The predicted octanol–water partition coefficient (Wildman–Crippen LogP) is 3.30. The molecule has 0 saturated heterocycles. The molecule has 0 aromatic heterocycles. The van der Waals surface area contributed by atoms with Crippen molar-refractivity contribution in [3.05, 3.63) is 59.7 Å². The van der Waals surface area contributed by atoms with E-state index in [4.69, 9.17) is 4.74 Å². The second-order valence-corrected chi connectivity index (χ2v) is 5.77. The van der Waals surface area contributed by atoms with Crippen LogP contribution in [0.4, 0.5) is 4.79 Å². The number of rotatable bonds is 5. The van der Waals surface area contributed by atoms with E-state index in [2.05, 4.69) is 29.6 Å². The van der Waals surface area contributed by atoms with Crippen LogP contribution in [0.3, 0.4) is 0 Å². The third-order valence-corrected chi connectivity index (χ3v) is 4.30. The molecule has 4 nitrogen and oxygen atoms in total. The highest BCUT2D eigenvalue weighted by Gasteiger charge is 2.28. The first-order chi connectivity index (χ1) is 11.2. The minimum atomic E-state index is -0.532. The lowest BCUT2D eigenvalue weighted by molar-refractivity contribution is 0.127. The maximum Gasteiger partial charge on any atom is 0.407 e. The standard InChI is InChI=1S/C19H21NO3/c1-2-13(21)11-20-19(22)23-12-18-16-9-5-3-7-14(16)15-8-4-6-10-17(15)18/h3-10,13,18,21H,2,11-12H2,1H3,(H,20,22). The van der Waals surface area contributed by atoms with Crippen LogP contribution >= 0.6 is 0 Å². The van der Waals surface area contributed by atoms with Crippen molar-refractivity contribution in [3.63, 3.8) is 0 Å². The molecule has 0 spiro atoms. The highest BCUT2D eigenvalue weighted by Crippen LogP contribution is 2.44. The van der Waals surface area contributed by atoms with E-state index >= 15 is 0 Å². The SMILES string of the molecule is CCC(O)CNC(=O)OCC1c2ccccc2-c2ccccc21. The van der Waals surface area contributed by atoms with Crippen molar-refractivity contribution in [1.29, 1.82) is 0 Å². The monoisotopic (exact) mass is 311 g/mol. The average Bonchev–Trinajstić information content (AvgIpc) is 2.92. The fraction of sp³-hybridized carbons (Fsp3) is 0.316. The molecule has 2 aromatic rings. The minimum absolute atomic E-state index is 0.0595. The van der Waals surface area contributed by atoms with Gasteiger partial charge in [0, 0.05) is 12.5 Å². The van der Waals surface area contributed by atoms with Gasteiger partial charge in [0.25, 0.3) is 0 Å². The van der Waals surface area contributed by atoms with Gasteiger partial charge in [0.1, 0.15) is 6.61 Å². The number of ether oxygens (including phenoxy) is 1. The smallest absolute Gasteiger partial charge is 0.407 e. The van der Waals surface area contributed by atoms with Crippen molar-refractivity contribution < 1.29 is 14.6 Å². The van der Waals surface area contributed by atoms with Gasteiger partial charge in [0.05, 0.1) is 6.10 Å². The Bertz CT molecular complexity index is 653. The van der Waals surface area contributed by atoms with Gasteiger partial charge < -0.3 is 15.2 Å². The van der Waals surface area contributed by atoms with Crippen LogP contribution < -0.4 is 5.32 Å². The molecule has 2 N–H and O–H groups in total. The Balaban J connectivity index is 1.70. The van der Waals surface area contributed by atoms with Gasteiger partial charge in [-0.2, -0.15) is 0 Å². The van der Waals surface area contributed by atoms with Gasteiger partial charge in [-0.3, -0.25) is 0 Å². The molecule has 0 fully saturated rings. The normalized spacial score (nSPS) is 14.0. The molecule has 23 heavy (non-hydrogen) atoms. The Hall–Kier alpha value is -2.33. The van der Waals surface area contributed by atoms with Gasteiger partial charge in [-0.15, -0.1) is 0 Å².